The van der Waals surface area contributed by atoms with Crippen LogP contribution >= 0.6 is 23.4 Å². The van der Waals surface area contributed by atoms with Gasteiger partial charge in [0.2, 0.25) is 0 Å². The molecule has 0 amide bonds. The van der Waals surface area contributed by atoms with Gasteiger partial charge < -0.3 is 0 Å². The third-order valence-corrected chi connectivity index (χ3v) is 5.14. The lowest BCUT2D eigenvalue weighted by Gasteiger charge is -2.15. The zero-order valence-corrected chi connectivity index (χ0v) is 12.3. The van der Waals surface area contributed by atoms with E-state index >= 15 is 0 Å². The monoisotopic (exact) mass is 288 g/mol. The molecule has 0 spiro atoms. The van der Waals surface area contributed by atoms with Gasteiger partial charge in [0, 0.05) is 11.3 Å². The zero-order valence-electron chi connectivity index (χ0n) is 10.7. The van der Waals surface area contributed by atoms with E-state index in [0.717, 1.165) is 12.8 Å². The fourth-order valence-electron chi connectivity index (χ4n) is 2.06. The molecule has 0 unspecified atom stereocenters. The molecule has 1 aliphatic carbocycles. The topological polar surface area (TPSA) is 54.9 Å². The highest BCUT2D eigenvalue weighted by molar-refractivity contribution is 8.00. The van der Waals surface area contributed by atoms with E-state index in [1.54, 1.807) is 11.8 Å². The Balaban J connectivity index is 2.51. The first kappa shape index (κ1) is 13.7. The number of aromatic amines is 1. The minimum atomic E-state index is -0.408. The summed E-state index contributed by atoms with van der Waals surface area (Å²) in [6.45, 7) is 4.26. The molecular weight excluding hydrogens is 272 g/mol. The number of nitrogens with zero attached hydrogens (tertiary/aromatic N) is 1. The molecule has 1 aromatic heterocycles. The lowest BCUT2D eigenvalue weighted by atomic mass is 10.1. The Bertz CT molecular complexity index is 572. The molecule has 2 rings (SSSR count). The molecule has 1 aromatic rings. The lowest BCUT2D eigenvalue weighted by Crippen LogP contribution is -2.40. The van der Waals surface area contributed by atoms with E-state index in [4.69, 9.17) is 11.6 Å². The summed E-state index contributed by atoms with van der Waals surface area (Å²) in [4.78, 5) is 26.8. The van der Waals surface area contributed by atoms with Gasteiger partial charge in [-0.1, -0.05) is 25.4 Å². The minimum absolute atomic E-state index is 0.00228. The Kier molecular flexibility index (Phi) is 3.65. The summed E-state index contributed by atoms with van der Waals surface area (Å²) >= 11 is 7.67. The van der Waals surface area contributed by atoms with Crippen molar-refractivity contribution in [1.29, 1.82) is 0 Å². The Morgan fingerprint density at radius 2 is 2.06 bits per heavy atom. The minimum Gasteiger partial charge on any atom is -0.297 e. The molecule has 0 atom stereocenters. The predicted octanol–water partition coefficient (Wildman–Crippen LogP) is 2.21. The highest BCUT2D eigenvalue weighted by Crippen LogP contribution is 2.48. The van der Waals surface area contributed by atoms with E-state index in [0.29, 0.717) is 12.1 Å². The van der Waals surface area contributed by atoms with E-state index in [1.165, 1.54) is 4.57 Å². The van der Waals surface area contributed by atoms with E-state index < -0.39 is 5.69 Å². The van der Waals surface area contributed by atoms with Crippen molar-refractivity contribution in [3.8, 4) is 0 Å². The van der Waals surface area contributed by atoms with Crippen molar-refractivity contribution in [3.05, 3.63) is 31.6 Å². The molecule has 0 radical (unpaired) electrons. The summed E-state index contributed by atoms with van der Waals surface area (Å²) in [6.07, 6.45) is 4.13. The fraction of sp³-hybridized carbons (Fsp3) is 0.667. The first-order chi connectivity index (χ1) is 8.40. The highest BCUT2D eigenvalue weighted by Gasteiger charge is 2.43. The van der Waals surface area contributed by atoms with Gasteiger partial charge in [-0.15, -0.1) is 0 Å². The quantitative estimate of drug-likeness (QED) is 0.864. The first-order valence-corrected chi connectivity index (χ1v) is 7.58. The summed E-state index contributed by atoms with van der Waals surface area (Å²) in [5.74, 6) is -0.00228. The van der Waals surface area contributed by atoms with Crippen LogP contribution in [0.4, 0.5) is 0 Å². The van der Waals surface area contributed by atoms with Crippen LogP contribution in [0.25, 0.3) is 0 Å². The summed E-state index contributed by atoms with van der Waals surface area (Å²) in [5.41, 5.74) is -0.165. The summed E-state index contributed by atoms with van der Waals surface area (Å²) in [6, 6.07) is 0. The maximum Gasteiger partial charge on any atom is 0.329 e. The van der Waals surface area contributed by atoms with Crippen LogP contribution in [-0.4, -0.2) is 20.6 Å². The van der Waals surface area contributed by atoms with Crippen molar-refractivity contribution in [2.75, 3.05) is 6.26 Å². The van der Waals surface area contributed by atoms with Crippen LogP contribution in [0.2, 0.25) is 5.15 Å². The van der Waals surface area contributed by atoms with Gasteiger partial charge in [-0.2, -0.15) is 11.8 Å². The number of hydrogen-bond acceptors (Lipinski definition) is 3. The van der Waals surface area contributed by atoms with Crippen LogP contribution in [-0.2, 0) is 6.54 Å². The Morgan fingerprint density at radius 3 is 2.50 bits per heavy atom. The standard InChI is InChI=1S/C12H17ClN2O2S/c1-7(2)8-9(13)14-11(17)15(10(8)16)6-12(18-3)4-5-12/h7H,4-6H2,1-3H3,(H,14,17). The number of hydrogen-bond donors (Lipinski definition) is 1. The average Bonchev–Trinajstić information content (AvgIpc) is 3.04. The molecule has 18 heavy (non-hydrogen) atoms. The molecule has 100 valence electrons. The second kappa shape index (κ2) is 4.78. The highest BCUT2D eigenvalue weighted by atomic mass is 35.5. The molecule has 0 aromatic carbocycles. The van der Waals surface area contributed by atoms with Gasteiger partial charge >= 0.3 is 5.69 Å². The molecule has 1 saturated carbocycles. The largest absolute Gasteiger partial charge is 0.329 e. The summed E-state index contributed by atoms with van der Waals surface area (Å²) < 4.78 is 1.36. The number of halogens is 1. The second-order valence-corrected chi connectivity index (χ2v) is 6.74. The van der Waals surface area contributed by atoms with E-state index in [2.05, 4.69) is 4.98 Å². The number of nitrogens with one attached hydrogen (secondary N) is 1. The molecule has 1 heterocycles. The van der Waals surface area contributed by atoms with Crippen molar-refractivity contribution >= 4 is 23.4 Å². The SMILES string of the molecule is CSC1(Cn2c(=O)[nH]c(Cl)c(C(C)C)c2=O)CC1. The second-order valence-electron chi connectivity index (χ2n) is 5.09. The van der Waals surface area contributed by atoms with Crippen LogP contribution in [0.5, 0.6) is 0 Å². The maximum absolute atomic E-state index is 12.3. The normalized spacial score (nSPS) is 17.2. The van der Waals surface area contributed by atoms with E-state index in [1.807, 2.05) is 20.1 Å². The fourth-order valence-corrected chi connectivity index (χ4v) is 3.21. The average molecular weight is 289 g/mol. The number of rotatable bonds is 4. The Hall–Kier alpha value is -0.680. The molecule has 1 N–H and O–H groups in total. The van der Waals surface area contributed by atoms with Crippen LogP contribution in [0.3, 0.4) is 0 Å². The van der Waals surface area contributed by atoms with Crippen molar-refractivity contribution in [3.63, 3.8) is 0 Å². The number of H-pyrrole nitrogens is 1. The lowest BCUT2D eigenvalue weighted by molar-refractivity contribution is 0.589. The molecule has 1 aliphatic rings. The van der Waals surface area contributed by atoms with Crippen LogP contribution in [0, 0.1) is 0 Å². The van der Waals surface area contributed by atoms with Gasteiger partial charge in [0.05, 0.1) is 5.56 Å². The Labute approximate surface area is 115 Å². The third-order valence-electron chi connectivity index (χ3n) is 3.44. The molecule has 4 nitrogen and oxygen atoms in total. The van der Waals surface area contributed by atoms with Gasteiger partial charge in [-0.25, -0.2) is 4.79 Å². The van der Waals surface area contributed by atoms with E-state index in [9.17, 15) is 9.59 Å². The molecule has 0 saturated heterocycles. The smallest absolute Gasteiger partial charge is 0.297 e. The van der Waals surface area contributed by atoms with Gasteiger partial charge in [-0.05, 0) is 25.0 Å². The molecular formula is C12H17ClN2O2S. The predicted molar refractivity (Wildman–Crippen MR) is 75.9 cm³/mol. The van der Waals surface area contributed by atoms with Crippen molar-refractivity contribution < 1.29 is 0 Å². The first-order valence-electron chi connectivity index (χ1n) is 5.98. The van der Waals surface area contributed by atoms with Gasteiger partial charge in [0.15, 0.2) is 0 Å². The van der Waals surface area contributed by atoms with Gasteiger partial charge in [0.1, 0.15) is 5.15 Å². The summed E-state index contributed by atoms with van der Waals surface area (Å²) in [7, 11) is 0. The molecule has 0 bridgehead atoms. The van der Waals surface area contributed by atoms with Crippen molar-refractivity contribution in [2.24, 2.45) is 0 Å². The number of thioether (sulfide) groups is 1. The number of aromatic nitrogens is 2. The van der Waals surface area contributed by atoms with Gasteiger partial charge in [-0.3, -0.25) is 14.3 Å². The third kappa shape index (κ3) is 2.38. The maximum atomic E-state index is 12.3. The van der Waals surface area contributed by atoms with E-state index in [-0.39, 0.29) is 21.4 Å². The van der Waals surface area contributed by atoms with Crippen LogP contribution in [0.15, 0.2) is 9.59 Å². The molecule has 6 heteroatoms. The van der Waals surface area contributed by atoms with Crippen LogP contribution < -0.4 is 11.2 Å². The Morgan fingerprint density at radius 1 is 1.44 bits per heavy atom. The van der Waals surface area contributed by atoms with Crippen molar-refractivity contribution in [2.45, 2.75) is 43.9 Å². The zero-order chi connectivity index (χ0) is 13.5. The van der Waals surface area contributed by atoms with Gasteiger partial charge in [0.25, 0.3) is 5.56 Å². The summed E-state index contributed by atoms with van der Waals surface area (Å²) in [5, 5.41) is 0.172. The molecule has 0 aliphatic heterocycles. The van der Waals surface area contributed by atoms with Crippen LogP contribution in [0.1, 0.15) is 38.2 Å². The molecule has 1 fully saturated rings. The van der Waals surface area contributed by atoms with Crippen molar-refractivity contribution in [1.82, 2.24) is 9.55 Å².